The van der Waals surface area contributed by atoms with Crippen LogP contribution in [0.4, 0.5) is 4.79 Å². The summed E-state index contributed by atoms with van der Waals surface area (Å²) in [5, 5.41) is 3.05. The van der Waals surface area contributed by atoms with Gasteiger partial charge < -0.3 is 38.2 Å². The molecule has 10 heteroatoms. The van der Waals surface area contributed by atoms with Crippen LogP contribution in [0.2, 0.25) is 18.1 Å². The fourth-order valence-corrected chi connectivity index (χ4v) is 5.29. The molecule has 0 aliphatic carbocycles. The molecule has 2 atom stereocenters. The molecule has 1 fully saturated rings. The van der Waals surface area contributed by atoms with Crippen molar-refractivity contribution in [3.05, 3.63) is 16.7 Å². The minimum atomic E-state index is -2.12. The van der Waals surface area contributed by atoms with E-state index in [0.29, 0.717) is 36.9 Å². The van der Waals surface area contributed by atoms with E-state index in [-0.39, 0.29) is 5.04 Å². The summed E-state index contributed by atoms with van der Waals surface area (Å²) in [5.41, 5.74) is 1.81. The van der Waals surface area contributed by atoms with Gasteiger partial charge >= 0.3 is 6.09 Å². The predicted molar refractivity (Wildman–Crippen MR) is 155 cm³/mol. The molecule has 0 bridgehead atoms. The molecular formula is C29H51NO8Si. The Labute approximate surface area is 236 Å². The van der Waals surface area contributed by atoms with E-state index in [1.807, 2.05) is 41.5 Å². The standard InChI is InChI=1S/C29H51NO8Si/c1-18-23(32-10)19(20(25(34-12)24(18)33-11)16-36-39(13,14)28(5,6)7)15-21(22-17-35-29(8,9)37-22)30-26(31)38-27(2,3)4/h21-22H,15-17H2,1-14H3,(H,30,31)/t21-,22+/m0/s1. The molecule has 1 aromatic rings. The van der Waals surface area contributed by atoms with E-state index >= 15 is 0 Å². The average molecular weight is 570 g/mol. The number of methoxy groups -OCH3 is 3. The first-order valence-electron chi connectivity index (χ1n) is 13.5. The van der Waals surface area contributed by atoms with Crippen molar-refractivity contribution < 1.29 is 37.6 Å². The summed E-state index contributed by atoms with van der Waals surface area (Å²) in [6, 6.07) is -0.486. The Bertz CT molecular complexity index is 1010. The molecule has 1 saturated heterocycles. The van der Waals surface area contributed by atoms with E-state index in [0.717, 1.165) is 16.7 Å². The number of nitrogens with one attached hydrogen (secondary N) is 1. The highest BCUT2D eigenvalue weighted by molar-refractivity contribution is 6.74. The number of alkyl carbamates (subject to hydrolysis) is 1. The van der Waals surface area contributed by atoms with Gasteiger partial charge in [-0.05, 0) is 66.1 Å². The van der Waals surface area contributed by atoms with Crippen molar-refractivity contribution in [2.24, 2.45) is 0 Å². The molecule has 1 heterocycles. The maximum atomic E-state index is 13.0. The van der Waals surface area contributed by atoms with Gasteiger partial charge in [-0.25, -0.2) is 4.79 Å². The maximum absolute atomic E-state index is 13.0. The Morgan fingerprint density at radius 3 is 2.00 bits per heavy atom. The fourth-order valence-electron chi connectivity index (χ4n) is 4.35. The van der Waals surface area contributed by atoms with Crippen LogP contribution in [0.25, 0.3) is 0 Å². The number of benzene rings is 1. The highest BCUT2D eigenvalue weighted by atomic mass is 28.4. The van der Waals surface area contributed by atoms with E-state index in [1.54, 1.807) is 21.3 Å². The van der Waals surface area contributed by atoms with Crippen molar-refractivity contribution >= 4 is 14.4 Å². The first-order chi connectivity index (χ1) is 17.8. The second-order valence-corrected chi connectivity index (χ2v) is 17.9. The van der Waals surface area contributed by atoms with Crippen molar-refractivity contribution in [1.82, 2.24) is 5.32 Å². The van der Waals surface area contributed by atoms with Crippen LogP contribution in [0.3, 0.4) is 0 Å². The molecule has 1 aliphatic rings. The van der Waals surface area contributed by atoms with Gasteiger partial charge in [-0.3, -0.25) is 0 Å². The number of hydrogen-bond acceptors (Lipinski definition) is 8. The summed E-state index contributed by atoms with van der Waals surface area (Å²) in [7, 11) is 2.74. The molecule has 0 aromatic heterocycles. The van der Waals surface area contributed by atoms with E-state index < -0.39 is 37.9 Å². The second-order valence-electron chi connectivity index (χ2n) is 13.1. The largest absolute Gasteiger partial charge is 0.496 e. The number of hydrogen-bond donors (Lipinski definition) is 1. The van der Waals surface area contributed by atoms with Gasteiger partial charge in [-0.15, -0.1) is 0 Å². The average Bonchev–Trinajstić information content (AvgIpc) is 3.15. The molecule has 1 aliphatic heterocycles. The SMILES string of the molecule is COc1c(C)c(OC)c(OC)c(CO[Si](C)(C)C(C)(C)C)c1C[C@H](NC(=O)OC(C)(C)C)[C@H]1COC(C)(C)O1. The molecule has 224 valence electrons. The summed E-state index contributed by atoms with van der Waals surface area (Å²) in [6.45, 7) is 22.8. The minimum absolute atomic E-state index is 0.0146. The van der Waals surface area contributed by atoms with Crippen molar-refractivity contribution in [3.63, 3.8) is 0 Å². The van der Waals surface area contributed by atoms with Gasteiger partial charge in [0.15, 0.2) is 25.6 Å². The van der Waals surface area contributed by atoms with Crippen LogP contribution in [-0.4, -0.2) is 65.9 Å². The lowest BCUT2D eigenvalue weighted by Crippen LogP contribution is -2.48. The minimum Gasteiger partial charge on any atom is -0.496 e. The number of amides is 1. The molecule has 1 amide bonds. The molecule has 0 spiro atoms. The third kappa shape index (κ3) is 8.25. The van der Waals surface area contributed by atoms with Crippen molar-refractivity contribution in [1.29, 1.82) is 0 Å². The van der Waals surface area contributed by atoms with Gasteiger partial charge in [-0.1, -0.05) is 20.8 Å². The molecule has 39 heavy (non-hydrogen) atoms. The first-order valence-corrected chi connectivity index (χ1v) is 16.4. The molecule has 1 N–H and O–H groups in total. The van der Waals surface area contributed by atoms with Gasteiger partial charge in [0.05, 0.1) is 40.6 Å². The highest BCUT2D eigenvalue weighted by Crippen LogP contribution is 2.46. The highest BCUT2D eigenvalue weighted by Gasteiger charge is 2.41. The lowest BCUT2D eigenvalue weighted by atomic mass is 9.93. The summed E-state index contributed by atoms with van der Waals surface area (Å²) < 4.78 is 42.0. The molecule has 1 aromatic carbocycles. The maximum Gasteiger partial charge on any atom is 0.407 e. The van der Waals surface area contributed by atoms with Gasteiger partial charge in [-0.2, -0.15) is 0 Å². The molecule has 2 rings (SSSR count). The summed E-state index contributed by atoms with van der Waals surface area (Å²) >= 11 is 0. The summed E-state index contributed by atoms with van der Waals surface area (Å²) in [5.74, 6) is 1.05. The van der Waals surface area contributed by atoms with E-state index in [1.165, 1.54) is 0 Å². The lowest BCUT2D eigenvalue weighted by molar-refractivity contribution is -0.141. The zero-order chi connectivity index (χ0) is 30.0. The molecule has 0 unspecified atom stereocenters. The Morgan fingerprint density at radius 2 is 1.56 bits per heavy atom. The van der Waals surface area contributed by atoms with Crippen LogP contribution < -0.4 is 19.5 Å². The Morgan fingerprint density at radius 1 is 1.00 bits per heavy atom. The smallest absolute Gasteiger partial charge is 0.407 e. The molecular weight excluding hydrogens is 518 g/mol. The van der Waals surface area contributed by atoms with Gasteiger partial charge in [0.2, 0.25) is 0 Å². The third-order valence-corrected chi connectivity index (χ3v) is 11.9. The van der Waals surface area contributed by atoms with Gasteiger partial charge in [0.25, 0.3) is 0 Å². The number of rotatable bonds is 10. The van der Waals surface area contributed by atoms with Crippen molar-refractivity contribution in [2.45, 2.75) is 117 Å². The fraction of sp³-hybridized carbons (Fsp3) is 0.759. The van der Waals surface area contributed by atoms with E-state index in [2.05, 4.69) is 39.2 Å². The van der Waals surface area contributed by atoms with Crippen LogP contribution in [0, 0.1) is 6.92 Å². The summed E-state index contributed by atoms with van der Waals surface area (Å²) in [6.07, 6.45) is -0.583. The van der Waals surface area contributed by atoms with Crippen LogP contribution >= 0.6 is 0 Å². The zero-order valence-electron chi connectivity index (χ0n) is 26.5. The lowest BCUT2D eigenvalue weighted by Gasteiger charge is -2.37. The van der Waals surface area contributed by atoms with Crippen LogP contribution in [0.1, 0.15) is 72.1 Å². The Balaban J connectivity index is 2.65. The van der Waals surface area contributed by atoms with Gasteiger partial charge in [0, 0.05) is 16.7 Å². The van der Waals surface area contributed by atoms with Crippen molar-refractivity contribution in [2.75, 3.05) is 27.9 Å². The first kappa shape index (κ1) is 33.2. The second kappa shape index (κ2) is 12.2. The molecule has 0 saturated carbocycles. The zero-order valence-corrected chi connectivity index (χ0v) is 27.5. The number of carbonyl (C=O) groups excluding carboxylic acids is 1. The molecule has 0 radical (unpaired) electrons. The predicted octanol–water partition coefficient (Wildman–Crippen LogP) is 6.13. The normalized spacial score (nSPS) is 18.5. The number of carbonyl (C=O) groups is 1. The van der Waals surface area contributed by atoms with E-state index in [4.69, 9.17) is 32.8 Å². The van der Waals surface area contributed by atoms with Gasteiger partial charge in [0.1, 0.15) is 17.5 Å². The summed E-state index contributed by atoms with van der Waals surface area (Å²) in [4.78, 5) is 13.0. The third-order valence-electron chi connectivity index (χ3n) is 7.40. The topological polar surface area (TPSA) is 93.7 Å². The monoisotopic (exact) mass is 569 g/mol. The number of ether oxygens (including phenoxy) is 6. The van der Waals surface area contributed by atoms with Crippen molar-refractivity contribution in [3.8, 4) is 17.2 Å². The Kier molecular flexibility index (Phi) is 10.4. The Hall–Kier alpha value is -2.01. The molecule has 9 nitrogen and oxygen atoms in total. The van der Waals surface area contributed by atoms with E-state index in [9.17, 15) is 4.79 Å². The van der Waals surface area contributed by atoms with Crippen LogP contribution in [0.15, 0.2) is 0 Å². The van der Waals surface area contributed by atoms with Crippen LogP contribution in [-0.2, 0) is 31.7 Å². The van der Waals surface area contributed by atoms with Crippen LogP contribution in [0.5, 0.6) is 17.2 Å². The quantitative estimate of drug-likeness (QED) is 0.336.